The molecule has 1 aliphatic heterocycles. The third-order valence-electron chi connectivity index (χ3n) is 3.21. The van der Waals surface area contributed by atoms with Crippen LogP contribution < -0.4 is 0 Å². The number of likely N-dealkylation sites (tertiary alicyclic amines) is 1. The van der Waals surface area contributed by atoms with Crippen molar-refractivity contribution in [1.82, 2.24) is 4.90 Å². The molecule has 0 aromatic rings. The number of rotatable bonds is 3. The van der Waals surface area contributed by atoms with Gasteiger partial charge in [0.05, 0.1) is 4.75 Å². The summed E-state index contributed by atoms with van der Waals surface area (Å²) in [5.74, 6) is -0.927. The van der Waals surface area contributed by atoms with Gasteiger partial charge in [-0.05, 0) is 12.8 Å². The third kappa shape index (κ3) is 1.67. The number of carbonyl (C=O) groups is 2. The van der Waals surface area contributed by atoms with Gasteiger partial charge in [0.25, 0.3) is 5.91 Å². The van der Waals surface area contributed by atoms with Gasteiger partial charge in [-0.15, -0.1) is 0 Å². The number of carbonyl (C=O) groups excluding carboxylic acids is 2. The fourth-order valence-corrected chi connectivity index (χ4v) is 3.14. The van der Waals surface area contributed by atoms with Crippen LogP contribution in [0.15, 0.2) is 0 Å². The van der Waals surface area contributed by atoms with Crippen molar-refractivity contribution in [3.63, 3.8) is 0 Å². The Labute approximate surface area is 88.4 Å². The number of nitrogens with zero attached hydrogens (tertiary/aromatic N) is 1. The molecule has 6 heteroatoms. The summed E-state index contributed by atoms with van der Waals surface area (Å²) in [7, 11) is -3.12. The van der Waals surface area contributed by atoms with Gasteiger partial charge < -0.3 is 4.90 Å². The van der Waals surface area contributed by atoms with Crippen molar-refractivity contribution < 1.29 is 18.0 Å². The summed E-state index contributed by atoms with van der Waals surface area (Å²) in [6.45, 7) is 0.561. The van der Waals surface area contributed by atoms with Crippen LogP contribution >= 0.6 is 0 Å². The maximum atomic E-state index is 11.5. The first-order chi connectivity index (χ1) is 6.86. The Hall–Kier alpha value is -0.910. The zero-order valence-corrected chi connectivity index (χ0v) is 9.34. The number of hydrogen-bond donors (Lipinski definition) is 0. The molecule has 0 radical (unpaired) electrons. The molecule has 0 atom stereocenters. The van der Waals surface area contributed by atoms with Crippen LogP contribution in [-0.2, 0) is 19.4 Å². The molecule has 5 nitrogen and oxygen atoms in total. The second kappa shape index (κ2) is 3.04. The highest BCUT2D eigenvalue weighted by Crippen LogP contribution is 2.44. The molecule has 2 aliphatic rings. The number of Topliss-reactive ketones (excluding diaryl/α,β-unsaturated/α-hetero) is 1. The summed E-state index contributed by atoms with van der Waals surface area (Å²) < 4.78 is 22.2. The van der Waals surface area contributed by atoms with Gasteiger partial charge in [0.15, 0.2) is 9.84 Å². The number of amides is 1. The summed E-state index contributed by atoms with van der Waals surface area (Å²) in [5, 5.41) is 0. The molecule has 0 spiro atoms. The standard InChI is InChI=1S/C9H13NO4S/c1-15(13,14)9(3-4-9)6-10-5-2-7(11)8(10)12/h2-6H2,1H3. The van der Waals surface area contributed by atoms with Crippen molar-refractivity contribution in [2.24, 2.45) is 0 Å². The van der Waals surface area contributed by atoms with Gasteiger partial charge in [-0.25, -0.2) is 8.42 Å². The molecule has 84 valence electrons. The maximum absolute atomic E-state index is 11.5. The molecule has 0 bridgehead atoms. The van der Waals surface area contributed by atoms with E-state index < -0.39 is 26.3 Å². The molecule has 2 fully saturated rings. The fourth-order valence-electron chi connectivity index (χ4n) is 1.91. The highest BCUT2D eigenvalue weighted by atomic mass is 32.2. The molecule has 1 amide bonds. The molecule has 1 heterocycles. The minimum absolute atomic E-state index is 0.191. The lowest BCUT2D eigenvalue weighted by molar-refractivity contribution is -0.140. The topological polar surface area (TPSA) is 71.5 Å². The van der Waals surface area contributed by atoms with Crippen LogP contribution in [0.1, 0.15) is 19.3 Å². The Morgan fingerprint density at radius 2 is 1.93 bits per heavy atom. The van der Waals surface area contributed by atoms with Crippen molar-refractivity contribution in [2.75, 3.05) is 19.3 Å². The summed E-state index contributed by atoms with van der Waals surface area (Å²) >= 11 is 0. The van der Waals surface area contributed by atoms with Crippen LogP contribution in [0.5, 0.6) is 0 Å². The highest BCUT2D eigenvalue weighted by Gasteiger charge is 2.54. The van der Waals surface area contributed by atoms with Gasteiger partial charge in [-0.1, -0.05) is 0 Å². The Bertz CT molecular complexity index is 421. The minimum Gasteiger partial charge on any atom is -0.334 e. The fraction of sp³-hybridized carbons (Fsp3) is 0.778. The van der Waals surface area contributed by atoms with Crippen molar-refractivity contribution in [3.8, 4) is 0 Å². The van der Waals surface area contributed by atoms with Gasteiger partial charge in [0.2, 0.25) is 5.78 Å². The van der Waals surface area contributed by atoms with Gasteiger partial charge in [-0.2, -0.15) is 0 Å². The van der Waals surface area contributed by atoms with E-state index >= 15 is 0 Å². The number of hydrogen-bond acceptors (Lipinski definition) is 4. The molecule has 2 rings (SSSR count). The summed E-state index contributed by atoms with van der Waals surface area (Å²) in [6, 6.07) is 0. The van der Waals surface area contributed by atoms with E-state index in [0.29, 0.717) is 19.4 Å². The predicted octanol–water partition coefficient (Wildman–Crippen LogP) is -0.635. The summed E-state index contributed by atoms with van der Waals surface area (Å²) in [5.41, 5.74) is 0. The van der Waals surface area contributed by atoms with Crippen LogP contribution in [-0.4, -0.2) is 49.1 Å². The lowest BCUT2D eigenvalue weighted by Gasteiger charge is -2.20. The first kappa shape index (κ1) is 10.6. The van der Waals surface area contributed by atoms with E-state index in [1.807, 2.05) is 0 Å². The van der Waals surface area contributed by atoms with E-state index in [2.05, 4.69) is 0 Å². The molecular formula is C9H13NO4S. The van der Waals surface area contributed by atoms with Gasteiger partial charge in [-0.3, -0.25) is 9.59 Å². The average molecular weight is 231 g/mol. The number of sulfone groups is 1. The Morgan fingerprint density at radius 3 is 2.27 bits per heavy atom. The van der Waals surface area contributed by atoms with Gasteiger partial charge >= 0.3 is 0 Å². The molecule has 0 aromatic carbocycles. The molecule has 1 saturated heterocycles. The minimum atomic E-state index is -3.12. The molecule has 0 N–H and O–H groups in total. The lowest BCUT2D eigenvalue weighted by Crippen LogP contribution is -2.40. The highest BCUT2D eigenvalue weighted by molar-refractivity contribution is 7.92. The predicted molar refractivity (Wildman–Crippen MR) is 53.0 cm³/mol. The van der Waals surface area contributed by atoms with Crippen molar-refractivity contribution >= 4 is 21.5 Å². The quantitative estimate of drug-likeness (QED) is 0.606. The second-order valence-electron chi connectivity index (χ2n) is 4.36. The van der Waals surface area contributed by atoms with Crippen LogP contribution in [0.3, 0.4) is 0 Å². The zero-order chi connectivity index (χ0) is 11.3. The monoisotopic (exact) mass is 231 g/mol. The van der Waals surface area contributed by atoms with E-state index in [0.717, 1.165) is 0 Å². The molecular weight excluding hydrogens is 218 g/mol. The smallest absolute Gasteiger partial charge is 0.290 e. The van der Waals surface area contributed by atoms with Gasteiger partial charge in [0.1, 0.15) is 0 Å². The molecule has 1 saturated carbocycles. The van der Waals surface area contributed by atoms with Gasteiger partial charge in [0, 0.05) is 25.8 Å². The van der Waals surface area contributed by atoms with E-state index in [9.17, 15) is 18.0 Å². The summed E-state index contributed by atoms with van der Waals surface area (Å²) in [4.78, 5) is 23.7. The van der Waals surface area contributed by atoms with Crippen LogP contribution in [0.4, 0.5) is 0 Å². The Balaban J connectivity index is 2.11. The van der Waals surface area contributed by atoms with Crippen molar-refractivity contribution in [3.05, 3.63) is 0 Å². The Morgan fingerprint density at radius 1 is 1.33 bits per heavy atom. The largest absolute Gasteiger partial charge is 0.334 e. The normalized spacial score (nSPS) is 24.7. The van der Waals surface area contributed by atoms with E-state index in [-0.39, 0.29) is 13.0 Å². The first-order valence-corrected chi connectivity index (χ1v) is 6.77. The van der Waals surface area contributed by atoms with Crippen LogP contribution in [0.25, 0.3) is 0 Å². The van der Waals surface area contributed by atoms with E-state index in [1.54, 1.807) is 0 Å². The Kier molecular flexibility index (Phi) is 2.15. The summed E-state index contributed by atoms with van der Waals surface area (Å²) in [6.07, 6.45) is 2.62. The SMILES string of the molecule is CS(=O)(=O)C1(CN2CCC(=O)C2=O)CC1. The number of ketones is 1. The molecule has 0 unspecified atom stereocenters. The second-order valence-corrected chi connectivity index (χ2v) is 6.77. The van der Waals surface area contributed by atoms with Crippen molar-refractivity contribution in [2.45, 2.75) is 24.0 Å². The van der Waals surface area contributed by atoms with Crippen LogP contribution in [0.2, 0.25) is 0 Å². The lowest BCUT2D eigenvalue weighted by atomic mass is 10.3. The molecule has 0 aromatic heterocycles. The molecule has 1 aliphatic carbocycles. The average Bonchev–Trinajstić information content (AvgIpc) is 2.84. The van der Waals surface area contributed by atoms with Crippen LogP contribution in [0, 0.1) is 0 Å². The first-order valence-electron chi connectivity index (χ1n) is 4.87. The van der Waals surface area contributed by atoms with E-state index in [1.165, 1.54) is 11.2 Å². The zero-order valence-electron chi connectivity index (χ0n) is 8.52. The van der Waals surface area contributed by atoms with Crippen molar-refractivity contribution in [1.29, 1.82) is 0 Å². The maximum Gasteiger partial charge on any atom is 0.290 e. The molecule has 15 heavy (non-hydrogen) atoms. The van der Waals surface area contributed by atoms with E-state index in [4.69, 9.17) is 0 Å². The third-order valence-corrected chi connectivity index (χ3v) is 5.32.